The van der Waals surface area contributed by atoms with E-state index in [0.29, 0.717) is 5.02 Å². The third kappa shape index (κ3) is 4.06. The van der Waals surface area contributed by atoms with Crippen LogP contribution in [-0.2, 0) is 0 Å². The lowest BCUT2D eigenvalue weighted by Gasteiger charge is -2.12. The van der Waals surface area contributed by atoms with Gasteiger partial charge in [0.15, 0.2) is 0 Å². The average Bonchev–Trinajstić information content (AvgIpc) is 2.40. The van der Waals surface area contributed by atoms with Gasteiger partial charge in [0.05, 0.1) is 16.3 Å². The lowest BCUT2D eigenvalue weighted by Crippen LogP contribution is -2.14. The molecule has 7 heteroatoms. The summed E-state index contributed by atoms with van der Waals surface area (Å²) in [6.45, 7) is -2.98. The lowest BCUT2D eigenvalue weighted by molar-refractivity contribution is -0.0493. The molecule has 0 spiro atoms. The van der Waals surface area contributed by atoms with Gasteiger partial charge in [-0.15, -0.1) is 0 Å². The first-order valence-corrected chi connectivity index (χ1v) is 6.53. The van der Waals surface area contributed by atoms with E-state index in [1.165, 1.54) is 36.4 Å². The van der Waals surface area contributed by atoms with Crippen LogP contribution < -0.4 is 10.1 Å². The highest BCUT2D eigenvalue weighted by molar-refractivity contribution is 6.37. The van der Waals surface area contributed by atoms with Crippen molar-refractivity contribution < 1.29 is 18.3 Å². The number of anilines is 1. The fourth-order valence-corrected chi connectivity index (χ4v) is 2.13. The molecule has 2 aromatic rings. The van der Waals surface area contributed by atoms with Gasteiger partial charge in [0, 0.05) is 5.02 Å². The van der Waals surface area contributed by atoms with Crippen LogP contribution in [0, 0.1) is 0 Å². The highest BCUT2D eigenvalue weighted by atomic mass is 35.5. The molecule has 110 valence electrons. The summed E-state index contributed by atoms with van der Waals surface area (Å²) in [5.41, 5.74) is 0.293. The van der Waals surface area contributed by atoms with Crippen molar-refractivity contribution in [1.82, 2.24) is 0 Å². The Bertz CT molecular complexity index is 665. The highest BCUT2D eigenvalue weighted by Crippen LogP contribution is 2.27. The Labute approximate surface area is 129 Å². The van der Waals surface area contributed by atoms with E-state index in [0.717, 1.165) is 0 Å². The first-order chi connectivity index (χ1) is 9.97. The van der Waals surface area contributed by atoms with Crippen molar-refractivity contribution >= 4 is 34.8 Å². The lowest BCUT2D eigenvalue weighted by atomic mass is 10.2. The predicted molar refractivity (Wildman–Crippen MR) is 77.5 cm³/mol. The number of alkyl halides is 2. The molecule has 2 aromatic carbocycles. The Kier molecular flexibility index (Phi) is 4.98. The summed E-state index contributed by atoms with van der Waals surface area (Å²) < 4.78 is 28.9. The zero-order valence-electron chi connectivity index (χ0n) is 10.4. The molecule has 0 aromatic heterocycles. The number of carbonyl (C=O) groups is 1. The number of hydrogen-bond acceptors (Lipinski definition) is 2. The number of halogens is 4. The number of ether oxygens (including phenoxy) is 1. The molecular formula is C14H9Cl2F2NO2. The van der Waals surface area contributed by atoms with E-state index < -0.39 is 12.5 Å². The fourth-order valence-electron chi connectivity index (χ4n) is 1.63. The fraction of sp³-hybridized carbons (Fsp3) is 0.0714. The minimum Gasteiger partial charge on any atom is -0.433 e. The topological polar surface area (TPSA) is 38.3 Å². The zero-order valence-corrected chi connectivity index (χ0v) is 12.0. The molecule has 0 aliphatic heterocycles. The third-order valence-electron chi connectivity index (χ3n) is 2.53. The minimum absolute atomic E-state index is 0.119. The molecule has 0 saturated heterocycles. The summed E-state index contributed by atoms with van der Waals surface area (Å²) in [6, 6.07) is 10.2. The van der Waals surface area contributed by atoms with Gasteiger partial charge in [0.25, 0.3) is 5.91 Å². The Hall–Kier alpha value is -1.85. The smallest absolute Gasteiger partial charge is 0.387 e. The Balaban J connectivity index is 2.23. The summed E-state index contributed by atoms with van der Waals surface area (Å²) in [5, 5.41) is 3.01. The van der Waals surface area contributed by atoms with Crippen LogP contribution in [0.25, 0.3) is 0 Å². The summed E-state index contributed by atoms with van der Waals surface area (Å²) in [7, 11) is 0. The van der Waals surface area contributed by atoms with Gasteiger partial charge in [0.2, 0.25) is 0 Å². The maximum absolute atomic E-state index is 12.3. The van der Waals surface area contributed by atoms with Crippen molar-refractivity contribution in [2.24, 2.45) is 0 Å². The van der Waals surface area contributed by atoms with E-state index in [-0.39, 0.29) is 22.0 Å². The summed E-state index contributed by atoms with van der Waals surface area (Å²) in [5.74, 6) is -0.687. The normalized spacial score (nSPS) is 10.5. The van der Waals surface area contributed by atoms with Gasteiger partial charge in [-0.1, -0.05) is 35.3 Å². The summed E-state index contributed by atoms with van der Waals surface area (Å²) in [6.07, 6.45) is 0. The number of hydrogen-bond donors (Lipinski definition) is 1. The number of benzene rings is 2. The van der Waals surface area contributed by atoms with Crippen LogP contribution in [-0.4, -0.2) is 12.5 Å². The monoisotopic (exact) mass is 331 g/mol. The average molecular weight is 332 g/mol. The third-order valence-corrected chi connectivity index (χ3v) is 3.07. The SMILES string of the molecule is O=C(Nc1ccccc1OC(F)F)c1ccc(Cl)cc1Cl. The quantitative estimate of drug-likeness (QED) is 0.869. The van der Waals surface area contributed by atoms with E-state index in [4.69, 9.17) is 23.2 Å². The van der Waals surface area contributed by atoms with Crippen LogP contribution in [0.3, 0.4) is 0 Å². The molecule has 3 nitrogen and oxygen atoms in total. The molecule has 2 rings (SSSR count). The second-order valence-corrected chi connectivity index (χ2v) is 4.80. The van der Waals surface area contributed by atoms with Gasteiger partial charge in [0.1, 0.15) is 5.75 Å². The molecule has 0 aliphatic rings. The Morgan fingerprint density at radius 1 is 1.14 bits per heavy atom. The van der Waals surface area contributed by atoms with Crippen LogP contribution in [0.1, 0.15) is 10.4 Å². The molecule has 0 unspecified atom stereocenters. The molecule has 21 heavy (non-hydrogen) atoms. The van der Waals surface area contributed by atoms with Crippen LogP contribution >= 0.6 is 23.2 Å². The Morgan fingerprint density at radius 2 is 1.86 bits per heavy atom. The van der Waals surface area contributed by atoms with Gasteiger partial charge in [-0.25, -0.2) is 0 Å². The number of amides is 1. The van der Waals surface area contributed by atoms with Crippen LogP contribution in [0.15, 0.2) is 42.5 Å². The van der Waals surface area contributed by atoms with Crippen molar-refractivity contribution in [2.75, 3.05) is 5.32 Å². The molecule has 0 atom stereocenters. The second-order valence-electron chi connectivity index (χ2n) is 3.95. The van der Waals surface area contributed by atoms with Crippen molar-refractivity contribution in [3.05, 3.63) is 58.1 Å². The Morgan fingerprint density at radius 3 is 2.52 bits per heavy atom. The number of carbonyl (C=O) groups excluding carboxylic acids is 1. The van der Waals surface area contributed by atoms with Crippen molar-refractivity contribution in [3.8, 4) is 5.75 Å². The van der Waals surface area contributed by atoms with E-state index >= 15 is 0 Å². The predicted octanol–water partition coefficient (Wildman–Crippen LogP) is 4.85. The van der Waals surface area contributed by atoms with Gasteiger partial charge < -0.3 is 10.1 Å². The molecule has 0 saturated carbocycles. The second kappa shape index (κ2) is 6.74. The van der Waals surface area contributed by atoms with Crippen LogP contribution in [0.4, 0.5) is 14.5 Å². The van der Waals surface area contributed by atoms with Gasteiger partial charge in [-0.3, -0.25) is 4.79 Å². The summed E-state index contributed by atoms with van der Waals surface area (Å²) in [4.78, 5) is 12.1. The molecule has 1 amide bonds. The van der Waals surface area contributed by atoms with Crippen molar-refractivity contribution in [3.63, 3.8) is 0 Å². The van der Waals surface area contributed by atoms with Crippen molar-refractivity contribution in [1.29, 1.82) is 0 Å². The van der Waals surface area contributed by atoms with E-state index in [2.05, 4.69) is 10.1 Å². The zero-order chi connectivity index (χ0) is 15.4. The van der Waals surface area contributed by atoms with Crippen molar-refractivity contribution in [2.45, 2.75) is 6.61 Å². The molecule has 1 N–H and O–H groups in total. The molecule has 0 radical (unpaired) electrons. The van der Waals surface area contributed by atoms with Crippen LogP contribution in [0.2, 0.25) is 10.0 Å². The highest BCUT2D eigenvalue weighted by Gasteiger charge is 2.15. The van der Waals surface area contributed by atoms with Gasteiger partial charge in [-0.2, -0.15) is 8.78 Å². The first kappa shape index (κ1) is 15.5. The maximum atomic E-state index is 12.3. The van der Waals surface area contributed by atoms with E-state index in [1.54, 1.807) is 6.07 Å². The largest absolute Gasteiger partial charge is 0.433 e. The molecule has 0 bridgehead atoms. The molecule has 0 heterocycles. The van der Waals surface area contributed by atoms with Crippen LogP contribution in [0.5, 0.6) is 5.75 Å². The van der Waals surface area contributed by atoms with Gasteiger partial charge >= 0.3 is 6.61 Å². The van der Waals surface area contributed by atoms with E-state index in [9.17, 15) is 13.6 Å². The van der Waals surface area contributed by atoms with Gasteiger partial charge in [-0.05, 0) is 30.3 Å². The minimum atomic E-state index is -2.98. The standard InChI is InChI=1S/C14H9Cl2F2NO2/c15-8-5-6-9(10(16)7-8)13(20)19-11-3-1-2-4-12(11)21-14(17)18/h1-7,14H,(H,19,20). The molecular weight excluding hydrogens is 323 g/mol. The van der Waals surface area contributed by atoms with E-state index in [1.807, 2.05) is 0 Å². The summed E-state index contributed by atoms with van der Waals surface area (Å²) >= 11 is 11.7. The first-order valence-electron chi connectivity index (χ1n) is 5.77. The number of rotatable bonds is 4. The number of nitrogens with one attached hydrogen (secondary N) is 1. The maximum Gasteiger partial charge on any atom is 0.387 e. The molecule has 0 aliphatic carbocycles. The molecule has 0 fully saturated rings. The number of para-hydroxylation sites is 2.